The van der Waals surface area contributed by atoms with Crippen LogP contribution in [0.2, 0.25) is 0 Å². The summed E-state index contributed by atoms with van der Waals surface area (Å²) in [4.78, 5) is 17.0. The first kappa shape index (κ1) is 11.9. The number of nitrogens with zero attached hydrogens (tertiary/aromatic N) is 2. The summed E-state index contributed by atoms with van der Waals surface area (Å²) in [5, 5.41) is 1.91. The molecule has 0 unspecified atom stereocenters. The van der Waals surface area contributed by atoms with Crippen molar-refractivity contribution in [2.24, 2.45) is 0 Å². The largest absolute Gasteiger partial charge is 0.358 e. The molecule has 0 spiro atoms. The number of hydrogen-bond acceptors (Lipinski definition) is 4. The van der Waals surface area contributed by atoms with Gasteiger partial charge >= 0.3 is 0 Å². The zero-order valence-electron chi connectivity index (χ0n) is 22.1. The number of carbonyl (C=O) groups is 1. The van der Waals surface area contributed by atoms with Crippen LogP contribution in [0.4, 0.5) is 5.69 Å². The van der Waals surface area contributed by atoms with Gasteiger partial charge in [-0.3, -0.25) is 9.69 Å². The fraction of sp³-hybridized carbons (Fsp3) is 0.476. The Bertz CT molecular complexity index is 980. The van der Waals surface area contributed by atoms with E-state index in [0.29, 0.717) is 0 Å². The van der Waals surface area contributed by atoms with E-state index in [9.17, 15) is 4.79 Å². The molecule has 0 N–H and O–H groups in total. The number of amides is 1. The summed E-state index contributed by atoms with van der Waals surface area (Å²) in [6, 6.07) is 1.29. The van der Waals surface area contributed by atoms with Crippen molar-refractivity contribution in [3.05, 3.63) is 52.6 Å². The number of aryl methyl sites for hydroxylation is 1. The van der Waals surface area contributed by atoms with Gasteiger partial charge in [0.1, 0.15) is 5.72 Å². The Balaban J connectivity index is 1.97. The fourth-order valence-electron chi connectivity index (χ4n) is 3.21. The van der Waals surface area contributed by atoms with E-state index in [1.165, 1.54) is 23.3 Å². The molecule has 1 saturated heterocycles. The highest BCUT2D eigenvalue weighted by atomic mass is 32.1. The first-order chi connectivity index (χ1) is 15.5. The Morgan fingerprint density at radius 3 is 2.69 bits per heavy atom. The molecule has 2 aromatic rings. The molecule has 1 aliphatic rings. The summed E-state index contributed by atoms with van der Waals surface area (Å²) < 4.78 is 63.6. The molecule has 2 heterocycles. The van der Waals surface area contributed by atoms with Crippen LogP contribution in [0.3, 0.4) is 0 Å². The highest BCUT2D eigenvalue weighted by Crippen LogP contribution is 2.34. The molecule has 0 bridgehead atoms. The lowest BCUT2D eigenvalue weighted by Crippen LogP contribution is -2.59. The number of rotatable bonds is 7. The van der Waals surface area contributed by atoms with Gasteiger partial charge in [-0.2, -0.15) is 0 Å². The second-order valence-electron chi connectivity index (χ2n) is 6.11. The SMILES string of the molecule is [2H]c1c([2H])c([2H])c(N(C(=O)CC)C2(OC)CCN(C([2H])([2H])Cc3cccs3)CC2)c([2H])c1[2H]. The zero-order chi connectivity index (χ0) is 24.6. The van der Waals surface area contributed by atoms with Crippen molar-refractivity contribution >= 4 is 22.9 Å². The number of para-hydroxylation sites is 1. The van der Waals surface area contributed by atoms with Crippen LogP contribution in [0.15, 0.2) is 47.7 Å². The van der Waals surface area contributed by atoms with Crippen molar-refractivity contribution in [2.75, 3.05) is 31.6 Å². The number of methoxy groups -OCH3 is 1. The molecular formula is C21H28N2O2S. The van der Waals surface area contributed by atoms with Crippen molar-refractivity contribution < 1.29 is 19.1 Å². The third kappa shape index (κ3) is 4.17. The smallest absolute Gasteiger partial charge is 0.229 e. The predicted molar refractivity (Wildman–Crippen MR) is 108 cm³/mol. The number of carbonyl (C=O) groups excluding carboxylic acids is 1. The second-order valence-corrected chi connectivity index (χ2v) is 7.14. The van der Waals surface area contributed by atoms with Crippen molar-refractivity contribution in [3.63, 3.8) is 0 Å². The molecule has 0 saturated carbocycles. The number of piperidine rings is 1. The topological polar surface area (TPSA) is 32.8 Å². The molecule has 26 heavy (non-hydrogen) atoms. The molecular weight excluding hydrogens is 344 g/mol. The Morgan fingerprint density at radius 1 is 1.38 bits per heavy atom. The third-order valence-corrected chi connectivity index (χ3v) is 5.53. The van der Waals surface area contributed by atoms with Gasteiger partial charge in [0, 0.05) is 59.3 Å². The number of likely N-dealkylation sites (tertiary alicyclic amines) is 1. The Morgan fingerprint density at radius 2 is 2.12 bits per heavy atom. The van der Waals surface area contributed by atoms with Crippen molar-refractivity contribution in [1.82, 2.24) is 4.90 Å². The lowest BCUT2D eigenvalue weighted by molar-refractivity contribution is -0.128. The second kappa shape index (κ2) is 8.80. The monoisotopic (exact) mass is 379 g/mol. The molecule has 0 radical (unpaired) electrons. The fourth-order valence-corrected chi connectivity index (χ4v) is 3.84. The maximum Gasteiger partial charge on any atom is 0.229 e. The van der Waals surface area contributed by atoms with E-state index in [1.54, 1.807) is 11.8 Å². The number of thiophene rings is 1. The van der Waals surface area contributed by atoms with Gasteiger partial charge < -0.3 is 9.64 Å². The summed E-state index contributed by atoms with van der Waals surface area (Å²) in [6.07, 6.45) is 0.740. The average Bonchev–Trinajstić information content (AvgIpc) is 3.31. The third-order valence-electron chi connectivity index (χ3n) is 4.65. The molecule has 3 rings (SSSR count). The molecule has 0 aliphatic carbocycles. The summed E-state index contributed by atoms with van der Waals surface area (Å²) in [6.45, 7) is 0.598. The van der Waals surface area contributed by atoms with Crippen molar-refractivity contribution in [3.8, 4) is 0 Å². The zero-order valence-corrected chi connectivity index (χ0v) is 15.9. The minimum absolute atomic E-state index is 0.0518. The van der Waals surface area contributed by atoms with Crippen LogP contribution in [0.25, 0.3) is 0 Å². The Labute approximate surface area is 170 Å². The quantitative estimate of drug-likeness (QED) is 0.677. The Hall–Kier alpha value is -1.69. The summed E-state index contributed by atoms with van der Waals surface area (Å²) in [5.41, 5.74) is -1.46. The molecule has 1 aliphatic heterocycles. The molecule has 0 atom stereocenters. The van der Waals surface area contributed by atoms with E-state index in [2.05, 4.69) is 0 Å². The van der Waals surface area contributed by atoms with Crippen LogP contribution < -0.4 is 4.90 Å². The molecule has 5 heteroatoms. The lowest BCUT2D eigenvalue weighted by atomic mass is 9.96. The van der Waals surface area contributed by atoms with Crippen molar-refractivity contribution in [1.29, 1.82) is 0 Å². The van der Waals surface area contributed by atoms with Crippen molar-refractivity contribution in [2.45, 2.75) is 38.3 Å². The van der Waals surface area contributed by atoms with Crippen LogP contribution >= 0.6 is 11.3 Å². The lowest BCUT2D eigenvalue weighted by Gasteiger charge is -2.47. The molecule has 1 aromatic carbocycles. The van der Waals surface area contributed by atoms with Gasteiger partial charge in [-0.25, -0.2) is 0 Å². The minimum atomic E-state index is -1.60. The molecule has 4 nitrogen and oxygen atoms in total. The summed E-state index contributed by atoms with van der Waals surface area (Å²) in [7, 11) is 1.43. The van der Waals surface area contributed by atoms with E-state index >= 15 is 0 Å². The van der Waals surface area contributed by atoms with Crippen LogP contribution in [0.1, 0.15) is 40.7 Å². The van der Waals surface area contributed by atoms with Crippen LogP contribution in [-0.2, 0) is 16.0 Å². The first-order valence-electron chi connectivity index (χ1n) is 12.2. The number of anilines is 1. The van der Waals surface area contributed by atoms with Gasteiger partial charge in [0.05, 0.1) is 6.85 Å². The van der Waals surface area contributed by atoms with Crippen LogP contribution in [-0.4, -0.2) is 43.2 Å². The molecule has 1 fully saturated rings. The maximum absolute atomic E-state index is 13.1. The standard InChI is InChI=1S/C21H28N2O2S/c1-3-20(24)23(18-8-5-4-6-9-18)21(25-2)12-15-22(16-13-21)14-11-19-10-7-17-26-19/h4-10,17H,3,11-16H2,1-2H3/i4D,5D,6D,8D,9D,14D2. The van der Waals surface area contributed by atoms with Gasteiger partial charge in [-0.1, -0.05) is 31.1 Å². The van der Waals surface area contributed by atoms with E-state index in [0.717, 1.165) is 4.88 Å². The summed E-state index contributed by atoms with van der Waals surface area (Å²) in [5.74, 6) is -0.426. The van der Waals surface area contributed by atoms with Gasteiger partial charge in [0.15, 0.2) is 0 Å². The van der Waals surface area contributed by atoms with Gasteiger partial charge in [0.25, 0.3) is 0 Å². The van der Waals surface area contributed by atoms with Gasteiger partial charge in [-0.15, -0.1) is 11.3 Å². The van der Waals surface area contributed by atoms with E-state index < -0.39 is 48.3 Å². The van der Waals surface area contributed by atoms with E-state index in [1.807, 2.05) is 17.5 Å². The van der Waals surface area contributed by atoms with Crippen LogP contribution in [0, 0.1) is 0 Å². The average molecular weight is 380 g/mol. The number of ether oxygens (including phenoxy) is 1. The molecule has 140 valence electrons. The van der Waals surface area contributed by atoms with E-state index in [-0.39, 0.29) is 44.5 Å². The Kier molecular flexibility index (Phi) is 4.03. The maximum atomic E-state index is 13.1. The van der Waals surface area contributed by atoms with Crippen LogP contribution in [0.5, 0.6) is 0 Å². The highest BCUT2D eigenvalue weighted by Gasteiger charge is 2.42. The summed E-state index contributed by atoms with van der Waals surface area (Å²) >= 11 is 1.50. The number of benzene rings is 1. The normalized spacial score (nSPS) is 21.5. The van der Waals surface area contributed by atoms with Gasteiger partial charge in [0.2, 0.25) is 5.91 Å². The molecule has 1 amide bonds. The predicted octanol–water partition coefficient (Wildman–Crippen LogP) is 4.17. The van der Waals surface area contributed by atoms with Gasteiger partial charge in [-0.05, 0) is 30.0 Å². The highest BCUT2D eigenvalue weighted by molar-refractivity contribution is 7.09. The minimum Gasteiger partial charge on any atom is -0.358 e. The van der Waals surface area contributed by atoms with E-state index in [4.69, 9.17) is 14.3 Å². The molecule has 1 aromatic heterocycles. The first-order valence-corrected chi connectivity index (χ1v) is 9.59. The number of hydrogen-bond donors (Lipinski definition) is 0.